The van der Waals surface area contributed by atoms with Crippen LogP contribution in [-0.4, -0.2) is 10.9 Å². The fourth-order valence-corrected chi connectivity index (χ4v) is 2.08. The van der Waals surface area contributed by atoms with E-state index in [1.165, 1.54) is 0 Å². The topological polar surface area (TPSA) is 42.0 Å². The van der Waals surface area contributed by atoms with Gasteiger partial charge in [0.1, 0.15) is 4.60 Å². The maximum atomic E-state index is 12.0. The highest BCUT2D eigenvalue weighted by molar-refractivity contribution is 9.10. The van der Waals surface area contributed by atoms with Crippen molar-refractivity contribution in [1.82, 2.24) is 4.98 Å². The lowest BCUT2D eigenvalue weighted by Crippen LogP contribution is -2.12. The average Bonchev–Trinajstić information content (AvgIpc) is 2.34. The van der Waals surface area contributed by atoms with Gasteiger partial charge in [0, 0.05) is 21.9 Å². The van der Waals surface area contributed by atoms with E-state index in [2.05, 4.69) is 42.2 Å². The minimum Gasteiger partial charge on any atom is -0.322 e. The number of amides is 1. The third-order valence-electron chi connectivity index (χ3n) is 2.40. The van der Waals surface area contributed by atoms with Gasteiger partial charge >= 0.3 is 0 Å². The summed E-state index contributed by atoms with van der Waals surface area (Å²) >= 11 is 6.66. The van der Waals surface area contributed by atoms with Crippen molar-refractivity contribution in [3.63, 3.8) is 0 Å². The lowest BCUT2D eigenvalue weighted by Gasteiger charge is -2.07. The third kappa shape index (κ3) is 3.17. The second-order valence-corrected chi connectivity index (χ2v) is 5.45. The molecule has 0 fully saturated rings. The molecule has 18 heavy (non-hydrogen) atoms. The van der Waals surface area contributed by atoms with E-state index < -0.39 is 0 Å². The minimum absolute atomic E-state index is 0.153. The number of nitrogens with zero attached hydrogens (tertiary/aromatic N) is 1. The van der Waals surface area contributed by atoms with Gasteiger partial charge in [-0.2, -0.15) is 0 Å². The number of nitrogens with one attached hydrogen (secondary N) is 1. The lowest BCUT2D eigenvalue weighted by atomic mass is 10.2. The number of benzene rings is 1. The van der Waals surface area contributed by atoms with Gasteiger partial charge in [-0.05, 0) is 58.7 Å². The Morgan fingerprint density at radius 1 is 1.22 bits per heavy atom. The molecule has 1 N–H and O–H groups in total. The zero-order chi connectivity index (χ0) is 13.1. The van der Waals surface area contributed by atoms with Gasteiger partial charge in [0.15, 0.2) is 0 Å². The summed E-state index contributed by atoms with van der Waals surface area (Å²) in [6.07, 6.45) is 1.59. The maximum Gasteiger partial charge on any atom is 0.255 e. The number of aryl methyl sites for hydroxylation is 1. The molecular formula is C13H10Br2N2O. The van der Waals surface area contributed by atoms with Crippen LogP contribution in [0.25, 0.3) is 0 Å². The normalized spacial score (nSPS) is 10.2. The summed E-state index contributed by atoms with van der Waals surface area (Å²) in [5.74, 6) is -0.153. The number of carbonyl (C=O) groups is 1. The average molecular weight is 370 g/mol. The number of halogens is 2. The van der Waals surface area contributed by atoms with Crippen molar-refractivity contribution in [2.45, 2.75) is 6.92 Å². The number of pyridine rings is 1. The van der Waals surface area contributed by atoms with Gasteiger partial charge in [0.25, 0.3) is 5.91 Å². The lowest BCUT2D eigenvalue weighted by molar-refractivity contribution is 0.102. The molecule has 0 spiro atoms. The molecule has 0 aliphatic heterocycles. The molecule has 5 heteroatoms. The molecule has 1 aromatic carbocycles. The molecule has 0 aliphatic rings. The number of aromatic nitrogens is 1. The molecule has 1 heterocycles. The smallest absolute Gasteiger partial charge is 0.255 e. The molecule has 2 rings (SSSR count). The highest BCUT2D eigenvalue weighted by atomic mass is 79.9. The first-order valence-corrected chi connectivity index (χ1v) is 6.84. The standard InChI is InChI=1S/C13H10Br2N2O/c1-8-6-10(2-3-11(8)14)17-13(18)9-4-5-16-12(15)7-9/h2-7H,1H3,(H,17,18). The van der Waals surface area contributed by atoms with E-state index in [1.807, 2.05) is 25.1 Å². The molecule has 1 amide bonds. The van der Waals surface area contributed by atoms with Gasteiger partial charge in [0.2, 0.25) is 0 Å². The minimum atomic E-state index is -0.153. The van der Waals surface area contributed by atoms with Crippen LogP contribution in [0, 0.1) is 6.92 Å². The number of hydrogen-bond donors (Lipinski definition) is 1. The first-order chi connectivity index (χ1) is 8.56. The van der Waals surface area contributed by atoms with Gasteiger partial charge < -0.3 is 5.32 Å². The van der Waals surface area contributed by atoms with E-state index in [9.17, 15) is 4.79 Å². The highest BCUT2D eigenvalue weighted by Crippen LogP contribution is 2.20. The van der Waals surface area contributed by atoms with Crippen LogP contribution in [0.15, 0.2) is 45.6 Å². The quantitative estimate of drug-likeness (QED) is 0.807. The maximum absolute atomic E-state index is 12.0. The second kappa shape index (κ2) is 5.63. The predicted octanol–water partition coefficient (Wildman–Crippen LogP) is 4.17. The third-order valence-corrected chi connectivity index (χ3v) is 3.73. The molecule has 0 saturated heterocycles. The molecule has 1 aromatic heterocycles. The second-order valence-electron chi connectivity index (χ2n) is 3.79. The van der Waals surface area contributed by atoms with E-state index in [0.717, 1.165) is 15.7 Å². The Morgan fingerprint density at radius 2 is 2.00 bits per heavy atom. The fraction of sp³-hybridized carbons (Fsp3) is 0.0769. The Morgan fingerprint density at radius 3 is 2.67 bits per heavy atom. The molecule has 92 valence electrons. The van der Waals surface area contributed by atoms with Gasteiger partial charge in [-0.3, -0.25) is 4.79 Å². The molecule has 0 radical (unpaired) electrons. The summed E-state index contributed by atoms with van der Waals surface area (Å²) in [4.78, 5) is 16.0. The van der Waals surface area contributed by atoms with Crippen molar-refractivity contribution in [3.8, 4) is 0 Å². The zero-order valence-corrected chi connectivity index (χ0v) is 12.7. The van der Waals surface area contributed by atoms with Crippen LogP contribution in [0.1, 0.15) is 15.9 Å². The van der Waals surface area contributed by atoms with Gasteiger partial charge in [-0.1, -0.05) is 15.9 Å². The molecule has 3 nitrogen and oxygen atoms in total. The summed E-state index contributed by atoms with van der Waals surface area (Å²) in [6, 6.07) is 9.03. The summed E-state index contributed by atoms with van der Waals surface area (Å²) < 4.78 is 1.66. The van der Waals surface area contributed by atoms with Gasteiger partial charge in [-0.25, -0.2) is 4.98 Å². The van der Waals surface area contributed by atoms with Gasteiger partial charge in [0.05, 0.1) is 0 Å². The van der Waals surface area contributed by atoms with Crippen LogP contribution in [0.3, 0.4) is 0 Å². The summed E-state index contributed by atoms with van der Waals surface area (Å²) in [5, 5.41) is 2.85. The Labute approximate surface area is 122 Å². The van der Waals surface area contributed by atoms with Crippen molar-refractivity contribution < 1.29 is 4.79 Å². The van der Waals surface area contributed by atoms with Crippen molar-refractivity contribution in [3.05, 3.63) is 56.7 Å². The van der Waals surface area contributed by atoms with Crippen LogP contribution >= 0.6 is 31.9 Å². The number of anilines is 1. The van der Waals surface area contributed by atoms with E-state index >= 15 is 0 Å². The van der Waals surface area contributed by atoms with Crippen LogP contribution < -0.4 is 5.32 Å². The summed E-state index contributed by atoms with van der Waals surface area (Å²) in [5.41, 5.74) is 2.41. The van der Waals surface area contributed by atoms with Crippen LogP contribution in [-0.2, 0) is 0 Å². The monoisotopic (exact) mass is 368 g/mol. The first kappa shape index (κ1) is 13.2. The fourth-order valence-electron chi connectivity index (χ4n) is 1.47. The number of rotatable bonds is 2. The summed E-state index contributed by atoms with van der Waals surface area (Å²) in [6.45, 7) is 1.97. The van der Waals surface area contributed by atoms with Crippen LogP contribution in [0.5, 0.6) is 0 Å². The Hall–Kier alpha value is -1.20. The zero-order valence-electron chi connectivity index (χ0n) is 9.58. The summed E-state index contributed by atoms with van der Waals surface area (Å²) in [7, 11) is 0. The van der Waals surface area contributed by atoms with Crippen molar-refractivity contribution >= 4 is 43.5 Å². The number of hydrogen-bond acceptors (Lipinski definition) is 2. The van der Waals surface area contributed by atoms with Crippen molar-refractivity contribution in [2.24, 2.45) is 0 Å². The SMILES string of the molecule is Cc1cc(NC(=O)c2ccnc(Br)c2)ccc1Br. The van der Waals surface area contributed by atoms with Crippen molar-refractivity contribution in [1.29, 1.82) is 0 Å². The van der Waals surface area contributed by atoms with E-state index in [4.69, 9.17) is 0 Å². The Balaban J connectivity index is 2.18. The van der Waals surface area contributed by atoms with Crippen molar-refractivity contribution in [2.75, 3.05) is 5.32 Å². The highest BCUT2D eigenvalue weighted by Gasteiger charge is 2.07. The first-order valence-electron chi connectivity index (χ1n) is 5.25. The van der Waals surface area contributed by atoms with Crippen LogP contribution in [0.2, 0.25) is 0 Å². The van der Waals surface area contributed by atoms with Gasteiger partial charge in [-0.15, -0.1) is 0 Å². The molecule has 0 unspecified atom stereocenters. The molecule has 0 bridgehead atoms. The number of carbonyl (C=O) groups excluding carboxylic acids is 1. The molecular weight excluding hydrogens is 360 g/mol. The van der Waals surface area contributed by atoms with Crippen LogP contribution in [0.4, 0.5) is 5.69 Å². The Bertz CT molecular complexity index is 599. The predicted molar refractivity (Wildman–Crippen MR) is 78.8 cm³/mol. The molecule has 0 aliphatic carbocycles. The Kier molecular flexibility index (Phi) is 4.14. The van der Waals surface area contributed by atoms with E-state index in [-0.39, 0.29) is 5.91 Å². The molecule has 2 aromatic rings. The van der Waals surface area contributed by atoms with E-state index in [1.54, 1.807) is 18.3 Å². The molecule has 0 atom stereocenters. The largest absolute Gasteiger partial charge is 0.322 e. The van der Waals surface area contributed by atoms with E-state index in [0.29, 0.717) is 10.2 Å². The molecule has 0 saturated carbocycles.